The molecule has 2 atom stereocenters. The van der Waals surface area contributed by atoms with Gasteiger partial charge in [-0.15, -0.1) is 0 Å². The lowest BCUT2D eigenvalue weighted by Gasteiger charge is -2.27. The van der Waals surface area contributed by atoms with Crippen LogP contribution < -0.4 is 0 Å². The van der Waals surface area contributed by atoms with Gasteiger partial charge in [-0.25, -0.2) is 19.6 Å². The first-order valence-corrected chi connectivity index (χ1v) is 21.6. The van der Waals surface area contributed by atoms with Crippen molar-refractivity contribution in [2.75, 3.05) is 13.1 Å². The number of ether oxygens (including phenoxy) is 2. The zero-order chi connectivity index (χ0) is 43.3. The number of aromatic nitrogens is 5. The highest BCUT2D eigenvalue weighted by atomic mass is 16.6. The van der Waals surface area contributed by atoms with E-state index in [1.807, 2.05) is 53.9 Å². The quantitative estimate of drug-likeness (QED) is 0.165. The summed E-state index contributed by atoms with van der Waals surface area (Å²) in [6.45, 7) is 19.4. The molecule has 1 unspecified atom stereocenters. The maximum absolute atomic E-state index is 13.0. The Hall–Kier alpha value is -6.10. The van der Waals surface area contributed by atoms with E-state index in [2.05, 4.69) is 120 Å². The number of H-pyrrole nitrogens is 2. The Bertz CT molecular complexity index is 2350. The van der Waals surface area contributed by atoms with Gasteiger partial charge < -0.3 is 24.0 Å². The first kappa shape index (κ1) is 41.6. The van der Waals surface area contributed by atoms with Crippen molar-refractivity contribution < 1.29 is 19.1 Å². The summed E-state index contributed by atoms with van der Waals surface area (Å²) >= 11 is 0. The number of aromatic amines is 2. The minimum Gasteiger partial charge on any atom is -0.444 e. The van der Waals surface area contributed by atoms with Gasteiger partial charge in [-0.2, -0.15) is 0 Å². The van der Waals surface area contributed by atoms with E-state index >= 15 is 0 Å². The predicted octanol–water partition coefficient (Wildman–Crippen LogP) is 12.0. The number of amides is 2. The lowest BCUT2D eigenvalue weighted by atomic mass is 9.87. The molecule has 2 amide bonds. The van der Waals surface area contributed by atoms with Crippen LogP contribution in [0.4, 0.5) is 9.59 Å². The van der Waals surface area contributed by atoms with Gasteiger partial charge in [0, 0.05) is 18.8 Å². The van der Waals surface area contributed by atoms with Gasteiger partial charge in [0.2, 0.25) is 0 Å². The molecule has 2 saturated heterocycles. The molecule has 0 saturated carbocycles. The summed E-state index contributed by atoms with van der Waals surface area (Å²) in [6, 6.07) is 30.1. The van der Waals surface area contributed by atoms with Gasteiger partial charge in [-0.3, -0.25) is 9.80 Å². The van der Waals surface area contributed by atoms with Crippen LogP contribution in [0, 0.1) is 0 Å². The zero-order valence-electron chi connectivity index (χ0n) is 37.0. The molecule has 61 heavy (non-hydrogen) atoms. The second kappa shape index (κ2) is 16.1. The Morgan fingerprint density at radius 2 is 0.951 bits per heavy atom. The van der Waals surface area contributed by atoms with Crippen LogP contribution in [-0.4, -0.2) is 70.8 Å². The van der Waals surface area contributed by atoms with Gasteiger partial charge in [0.25, 0.3) is 0 Å². The molecule has 3 aromatic carbocycles. The smallest absolute Gasteiger partial charge is 0.410 e. The van der Waals surface area contributed by atoms with Gasteiger partial charge in [0.05, 0.1) is 47.3 Å². The molecule has 2 fully saturated rings. The summed E-state index contributed by atoms with van der Waals surface area (Å²) in [5, 5.41) is 0. The Labute approximate surface area is 359 Å². The Morgan fingerprint density at radius 1 is 0.557 bits per heavy atom. The molecule has 5 heterocycles. The Balaban J connectivity index is 1.06. The SMILES string of the molecule is CC(C)(C)OC(=O)N1CCCC1c1ncc(-c2ccc(-c3ccc(-c4ccc(-c5cnc([C@@H]6CCCN6C(=O)OC(C)(C)C)[nH]5)cc4)n3-c3ccc(C(C)(C)C)cc3)cc2)[nH]1. The van der Waals surface area contributed by atoms with Crippen molar-refractivity contribution in [3.8, 4) is 50.7 Å². The number of likely N-dealkylation sites (tertiary alicyclic amines) is 2. The highest BCUT2D eigenvalue weighted by molar-refractivity contribution is 5.76. The predicted molar refractivity (Wildman–Crippen MR) is 240 cm³/mol. The minimum atomic E-state index is -0.557. The molecule has 11 nitrogen and oxygen atoms in total. The Morgan fingerprint density at radius 3 is 1.33 bits per heavy atom. The van der Waals surface area contributed by atoms with Crippen molar-refractivity contribution in [1.29, 1.82) is 0 Å². The topological polar surface area (TPSA) is 121 Å². The fourth-order valence-corrected chi connectivity index (χ4v) is 8.40. The van der Waals surface area contributed by atoms with Gasteiger partial charge in [0.15, 0.2) is 0 Å². The molecule has 2 N–H and O–H groups in total. The summed E-state index contributed by atoms with van der Waals surface area (Å²) in [4.78, 5) is 46.0. The summed E-state index contributed by atoms with van der Waals surface area (Å²) in [7, 11) is 0. The molecule has 3 aromatic heterocycles. The monoisotopic (exact) mass is 821 g/mol. The van der Waals surface area contributed by atoms with Gasteiger partial charge >= 0.3 is 12.2 Å². The summed E-state index contributed by atoms with van der Waals surface area (Å²) in [5.74, 6) is 1.55. The van der Waals surface area contributed by atoms with Crippen molar-refractivity contribution in [3.63, 3.8) is 0 Å². The molecule has 0 radical (unpaired) electrons. The van der Waals surface area contributed by atoms with Crippen LogP contribution in [0.5, 0.6) is 0 Å². The van der Waals surface area contributed by atoms with Crippen molar-refractivity contribution in [2.45, 2.75) is 117 Å². The molecule has 0 spiro atoms. The molecule has 11 heteroatoms. The highest BCUT2D eigenvalue weighted by Crippen LogP contribution is 2.38. The normalized spacial score (nSPS) is 17.3. The van der Waals surface area contributed by atoms with E-state index in [0.29, 0.717) is 13.1 Å². The molecule has 0 bridgehead atoms. The first-order valence-electron chi connectivity index (χ1n) is 21.6. The average molecular weight is 822 g/mol. The summed E-state index contributed by atoms with van der Waals surface area (Å²) in [6.07, 6.45) is 6.59. The molecule has 2 aliphatic rings. The number of hydrogen-bond acceptors (Lipinski definition) is 6. The van der Waals surface area contributed by atoms with E-state index in [-0.39, 0.29) is 29.7 Å². The molecule has 0 aliphatic carbocycles. The first-order chi connectivity index (χ1) is 28.9. The third kappa shape index (κ3) is 9.02. The minimum absolute atomic E-state index is 0.0309. The number of rotatable bonds is 7. The number of hydrogen-bond donors (Lipinski definition) is 2. The van der Waals surface area contributed by atoms with Crippen LogP contribution >= 0.6 is 0 Å². The number of nitrogens with zero attached hydrogens (tertiary/aromatic N) is 5. The summed E-state index contributed by atoms with van der Waals surface area (Å²) in [5.41, 5.74) is 9.40. The number of carbonyl (C=O) groups is 2. The van der Waals surface area contributed by atoms with Crippen LogP contribution in [0.15, 0.2) is 97.3 Å². The lowest BCUT2D eigenvalue weighted by Crippen LogP contribution is -2.36. The second-order valence-electron chi connectivity index (χ2n) is 19.4. The van der Waals surface area contributed by atoms with E-state index in [4.69, 9.17) is 19.4 Å². The van der Waals surface area contributed by atoms with Gasteiger partial charge in [0.1, 0.15) is 22.9 Å². The van der Waals surface area contributed by atoms with Crippen LogP contribution in [0.2, 0.25) is 0 Å². The van der Waals surface area contributed by atoms with Crippen LogP contribution in [0.25, 0.3) is 50.7 Å². The number of nitrogens with one attached hydrogen (secondary N) is 2. The van der Waals surface area contributed by atoms with Crippen LogP contribution in [-0.2, 0) is 14.9 Å². The molecular formula is C50H59N7O4. The fraction of sp³-hybridized carbons (Fsp3) is 0.400. The van der Waals surface area contributed by atoms with Crippen molar-refractivity contribution in [2.24, 2.45) is 0 Å². The largest absolute Gasteiger partial charge is 0.444 e. The van der Waals surface area contributed by atoms with E-state index in [0.717, 1.165) is 88.0 Å². The maximum Gasteiger partial charge on any atom is 0.410 e. The molecule has 2 aliphatic heterocycles. The standard InChI is InChI=1S/C50H59N7O4/c1-48(2,3)36-22-24-37(25-23-36)57-40(34-18-14-32(15-19-34)38-30-51-44(53-38)42-12-10-28-55(42)46(58)60-49(4,5)6)26-27-41(57)35-20-16-33(17-21-35)39-31-52-45(54-39)43-13-11-29-56(43)47(59)61-50(7,8)9/h14-27,30-31,42-43H,10-13,28-29H2,1-9H3,(H,51,53)(H,52,54)/t42-,43?/m0/s1. The van der Waals surface area contributed by atoms with E-state index < -0.39 is 11.2 Å². The van der Waals surface area contributed by atoms with E-state index in [1.165, 1.54) is 5.56 Å². The van der Waals surface area contributed by atoms with Crippen LogP contribution in [0.1, 0.15) is 117 Å². The molecular weight excluding hydrogens is 763 g/mol. The Kier molecular flexibility index (Phi) is 11.0. The van der Waals surface area contributed by atoms with Crippen molar-refractivity contribution in [1.82, 2.24) is 34.3 Å². The zero-order valence-corrected chi connectivity index (χ0v) is 37.0. The van der Waals surface area contributed by atoms with Crippen molar-refractivity contribution in [3.05, 3.63) is 115 Å². The molecule has 8 rings (SSSR count). The number of carbonyl (C=O) groups excluding carboxylic acids is 2. The third-order valence-corrected chi connectivity index (χ3v) is 11.4. The molecule has 318 valence electrons. The van der Waals surface area contributed by atoms with Crippen LogP contribution in [0.3, 0.4) is 0 Å². The van der Waals surface area contributed by atoms with Crippen molar-refractivity contribution >= 4 is 12.2 Å². The number of benzene rings is 3. The number of imidazole rings is 2. The van der Waals surface area contributed by atoms with E-state index in [1.54, 1.807) is 9.80 Å². The maximum atomic E-state index is 13.0. The van der Waals surface area contributed by atoms with E-state index in [9.17, 15) is 9.59 Å². The third-order valence-electron chi connectivity index (χ3n) is 11.4. The highest BCUT2D eigenvalue weighted by Gasteiger charge is 2.36. The van der Waals surface area contributed by atoms with Gasteiger partial charge in [-0.05, 0) is 125 Å². The lowest BCUT2D eigenvalue weighted by molar-refractivity contribution is 0.0208. The average Bonchev–Trinajstić information content (AvgIpc) is 4.05. The van der Waals surface area contributed by atoms with Gasteiger partial charge in [-0.1, -0.05) is 81.4 Å². The second-order valence-corrected chi connectivity index (χ2v) is 19.4. The molecule has 6 aromatic rings. The summed E-state index contributed by atoms with van der Waals surface area (Å²) < 4.78 is 13.7. The fourth-order valence-electron chi connectivity index (χ4n) is 8.40.